The van der Waals surface area contributed by atoms with Crippen LogP contribution in [0.5, 0.6) is 0 Å². The highest BCUT2D eigenvalue weighted by molar-refractivity contribution is 7.98. The maximum Gasteiger partial charge on any atom is 0.341 e. The third kappa shape index (κ3) is 3.08. The molecule has 0 saturated heterocycles. The Morgan fingerprint density at radius 3 is 2.95 bits per heavy atom. The summed E-state index contributed by atoms with van der Waals surface area (Å²) in [6.07, 6.45) is 4.94. The van der Waals surface area contributed by atoms with E-state index in [1.54, 1.807) is 26.2 Å². The van der Waals surface area contributed by atoms with Crippen LogP contribution in [-0.2, 0) is 4.74 Å². The number of nitrogens with one attached hydrogen (secondary N) is 1. The van der Waals surface area contributed by atoms with Crippen LogP contribution in [-0.4, -0.2) is 45.6 Å². The van der Waals surface area contributed by atoms with Gasteiger partial charge in [-0.1, -0.05) is 11.8 Å². The normalized spacial score (nSPS) is 10.3. The highest BCUT2D eigenvalue weighted by Gasteiger charge is 2.12. The molecule has 0 aromatic carbocycles. The average molecular weight is 293 g/mol. The summed E-state index contributed by atoms with van der Waals surface area (Å²) in [7, 11) is 1.78. The minimum Gasteiger partial charge on any atom is -0.462 e. The number of thioether (sulfide) groups is 1. The molecule has 2 aromatic rings. The summed E-state index contributed by atoms with van der Waals surface area (Å²) in [6, 6.07) is 1.75. The molecule has 0 fully saturated rings. The fourth-order valence-corrected chi connectivity index (χ4v) is 1.89. The van der Waals surface area contributed by atoms with E-state index in [0.29, 0.717) is 29.0 Å². The molecule has 0 saturated carbocycles. The summed E-state index contributed by atoms with van der Waals surface area (Å²) in [5.74, 6) is 0.878. The Morgan fingerprint density at radius 1 is 1.50 bits per heavy atom. The summed E-state index contributed by atoms with van der Waals surface area (Å²) in [4.78, 5) is 20.2. The zero-order chi connectivity index (χ0) is 14.5. The monoisotopic (exact) mass is 293 g/mol. The van der Waals surface area contributed by atoms with Gasteiger partial charge in [0.1, 0.15) is 5.82 Å². The number of esters is 1. The molecule has 8 heteroatoms. The van der Waals surface area contributed by atoms with Gasteiger partial charge in [-0.15, -0.1) is 0 Å². The summed E-state index contributed by atoms with van der Waals surface area (Å²) < 4.78 is 6.45. The van der Waals surface area contributed by atoms with E-state index in [9.17, 15) is 4.79 Å². The van der Waals surface area contributed by atoms with Gasteiger partial charge in [-0.05, 0) is 13.2 Å². The molecule has 2 rings (SSSR count). The quantitative estimate of drug-likeness (QED) is 0.509. The number of anilines is 1. The lowest BCUT2D eigenvalue weighted by Gasteiger charge is -2.05. The summed E-state index contributed by atoms with van der Waals surface area (Å²) >= 11 is 1.43. The number of ether oxygens (including phenoxy) is 1. The van der Waals surface area contributed by atoms with Gasteiger partial charge >= 0.3 is 5.97 Å². The van der Waals surface area contributed by atoms with Crippen LogP contribution in [0.25, 0.3) is 5.82 Å². The zero-order valence-electron chi connectivity index (χ0n) is 11.5. The molecule has 2 heterocycles. The molecule has 1 N–H and O–H groups in total. The molecule has 0 bridgehead atoms. The summed E-state index contributed by atoms with van der Waals surface area (Å²) in [5.41, 5.74) is 0.391. The van der Waals surface area contributed by atoms with Gasteiger partial charge in [0.15, 0.2) is 11.0 Å². The molecule has 0 aliphatic carbocycles. The van der Waals surface area contributed by atoms with Gasteiger partial charge in [-0.2, -0.15) is 5.10 Å². The summed E-state index contributed by atoms with van der Waals surface area (Å²) in [5, 5.41) is 7.72. The molecule has 20 heavy (non-hydrogen) atoms. The van der Waals surface area contributed by atoms with Crippen LogP contribution in [0.4, 0.5) is 5.82 Å². The highest BCUT2D eigenvalue weighted by atomic mass is 32.2. The number of aromatic nitrogens is 4. The first kappa shape index (κ1) is 14.3. The number of carbonyl (C=O) groups is 1. The van der Waals surface area contributed by atoms with Gasteiger partial charge in [0.05, 0.1) is 18.4 Å². The van der Waals surface area contributed by atoms with E-state index >= 15 is 0 Å². The fraction of sp³-hybridized carbons (Fsp3) is 0.333. The second kappa shape index (κ2) is 6.38. The molecule has 106 valence electrons. The van der Waals surface area contributed by atoms with E-state index in [-0.39, 0.29) is 0 Å². The lowest BCUT2D eigenvalue weighted by atomic mass is 10.4. The van der Waals surface area contributed by atoms with Crippen molar-refractivity contribution < 1.29 is 9.53 Å². The fourth-order valence-electron chi connectivity index (χ4n) is 1.52. The summed E-state index contributed by atoms with van der Waals surface area (Å²) in [6.45, 7) is 2.09. The molecule has 0 aliphatic rings. The third-order valence-corrected chi connectivity index (χ3v) is 3.01. The second-order valence-electron chi connectivity index (χ2n) is 3.74. The SMILES string of the molecule is CCOC(=O)c1cnn(-c2cc(NC)nc(SC)n2)c1. The van der Waals surface area contributed by atoms with Crippen LogP contribution in [0.2, 0.25) is 0 Å². The van der Waals surface area contributed by atoms with Crippen molar-refractivity contribution in [2.24, 2.45) is 0 Å². The van der Waals surface area contributed by atoms with Crippen LogP contribution in [0.1, 0.15) is 17.3 Å². The zero-order valence-corrected chi connectivity index (χ0v) is 12.3. The van der Waals surface area contributed by atoms with Crippen LogP contribution >= 0.6 is 11.8 Å². The average Bonchev–Trinajstić information content (AvgIpc) is 2.97. The molecule has 0 unspecified atom stereocenters. The van der Waals surface area contributed by atoms with E-state index in [1.807, 2.05) is 6.26 Å². The van der Waals surface area contributed by atoms with Crippen molar-refractivity contribution in [1.82, 2.24) is 19.7 Å². The number of hydrogen-bond donors (Lipinski definition) is 1. The molecule has 7 nitrogen and oxygen atoms in total. The van der Waals surface area contributed by atoms with Gasteiger partial charge in [0, 0.05) is 19.3 Å². The molecule has 0 spiro atoms. The second-order valence-corrected chi connectivity index (χ2v) is 4.52. The van der Waals surface area contributed by atoms with Crippen LogP contribution in [0.3, 0.4) is 0 Å². The standard InChI is InChI=1S/C12H15N5O2S/c1-4-19-11(18)8-6-14-17(7-8)10-5-9(13-2)15-12(16-10)20-3/h5-7H,4H2,1-3H3,(H,13,15,16). The Morgan fingerprint density at radius 2 is 2.30 bits per heavy atom. The maximum atomic E-state index is 11.6. The Balaban J connectivity index is 2.34. The Hall–Kier alpha value is -2.09. The van der Waals surface area contributed by atoms with Gasteiger partial charge in [-0.25, -0.2) is 19.4 Å². The first-order valence-corrected chi connectivity index (χ1v) is 7.23. The van der Waals surface area contributed by atoms with Crippen LogP contribution in [0, 0.1) is 0 Å². The smallest absolute Gasteiger partial charge is 0.341 e. The molecule has 0 amide bonds. The maximum absolute atomic E-state index is 11.6. The van der Waals surface area contributed by atoms with Gasteiger partial charge in [-0.3, -0.25) is 0 Å². The van der Waals surface area contributed by atoms with Crippen LogP contribution in [0.15, 0.2) is 23.6 Å². The van der Waals surface area contributed by atoms with Crippen molar-refractivity contribution in [1.29, 1.82) is 0 Å². The number of rotatable bonds is 5. The lowest BCUT2D eigenvalue weighted by molar-refractivity contribution is 0.0526. The number of hydrogen-bond acceptors (Lipinski definition) is 7. The van der Waals surface area contributed by atoms with Crippen molar-refractivity contribution in [2.75, 3.05) is 25.2 Å². The van der Waals surface area contributed by atoms with Crippen molar-refractivity contribution in [3.63, 3.8) is 0 Å². The van der Waals surface area contributed by atoms with Crippen LogP contribution < -0.4 is 5.32 Å². The first-order valence-electron chi connectivity index (χ1n) is 6.01. The number of carbonyl (C=O) groups excluding carboxylic acids is 1. The van der Waals surface area contributed by atoms with E-state index in [2.05, 4.69) is 20.4 Å². The largest absolute Gasteiger partial charge is 0.462 e. The van der Waals surface area contributed by atoms with E-state index in [0.717, 1.165) is 0 Å². The minimum absolute atomic E-state index is 0.331. The Kier molecular flexibility index (Phi) is 4.57. The molecule has 2 aromatic heterocycles. The van der Waals surface area contributed by atoms with Crippen molar-refractivity contribution in [3.05, 3.63) is 24.0 Å². The van der Waals surface area contributed by atoms with Gasteiger partial charge in [0.2, 0.25) is 0 Å². The molecular weight excluding hydrogens is 278 g/mol. The first-order chi connectivity index (χ1) is 9.67. The van der Waals surface area contributed by atoms with E-state index in [1.165, 1.54) is 22.6 Å². The molecule has 0 atom stereocenters. The minimum atomic E-state index is -0.397. The van der Waals surface area contributed by atoms with Crippen molar-refractivity contribution in [3.8, 4) is 5.82 Å². The van der Waals surface area contributed by atoms with Crippen molar-refractivity contribution >= 4 is 23.5 Å². The Labute approximate surface area is 120 Å². The lowest BCUT2D eigenvalue weighted by Crippen LogP contribution is -2.05. The molecular formula is C12H15N5O2S. The van der Waals surface area contributed by atoms with Gasteiger partial charge in [0.25, 0.3) is 0 Å². The predicted octanol–water partition coefficient (Wildman–Crippen LogP) is 1.60. The predicted molar refractivity (Wildman–Crippen MR) is 76.4 cm³/mol. The van der Waals surface area contributed by atoms with E-state index in [4.69, 9.17) is 4.74 Å². The van der Waals surface area contributed by atoms with E-state index < -0.39 is 5.97 Å². The number of nitrogens with zero attached hydrogens (tertiary/aromatic N) is 4. The topological polar surface area (TPSA) is 81.9 Å². The van der Waals surface area contributed by atoms with Gasteiger partial charge < -0.3 is 10.1 Å². The third-order valence-electron chi connectivity index (χ3n) is 2.46. The molecule has 0 aliphatic heterocycles. The Bertz CT molecular complexity index is 591. The van der Waals surface area contributed by atoms with Crippen molar-refractivity contribution in [2.45, 2.75) is 12.1 Å². The highest BCUT2D eigenvalue weighted by Crippen LogP contribution is 2.16. The molecule has 0 radical (unpaired) electrons.